The van der Waals surface area contributed by atoms with Crippen molar-refractivity contribution >= 4 is 23.6 Å². The molecule has 11 nitrogen and oxygen atoms in total. The maximum Gasteiger partial charge on any atom is 0.446 e. The second kappa shape index (κ2) is 10.3. The number of nitrogens with zero attached hydrogens (tertiary/aromatic N) is 4. The Kier molecular flexibility index (Phi) is 7.52. The molecule has 0 aliphatic rings. The van der Waals surface area contributed by atoms with E-state index >= 15 is 0 Å². The lowest BCUT2D eigenvalue weighted by Crippen LogP contribution is -2.35. The van der Waals surface area contributed by atoms with Crippen LogP contribution in [0.4, 0.5) is 13.2 Å². The molecule has 2 aromatic heterocycles. The molecule has 0 spiro atoms. The van der Waals surface area contributed by atoms with Crippen molar-refractivity contribution in [1.82, 2.24) is 25.4 Å². The number of rotatable bonds is 9. The average molecular weight is 487 g/mol. The smallest absolute Gasteiger partial charge is 0.446 e. The minimum Gasteiger partial charge on any atom is -0.469 e. The lowest BCUT2D eigenvalue weighted by Gasteiger charge is -2.12. The maximum absolute atomic E-state index is 13.7. The van der Waals surface area contributed by atoms with Crippen LogP contribution < -0.4 is 11.1 Å². The maximum atomic E-state index is 13.7. The van der Waals surface area contributed by atoms with Gasteiger partial charge in [-0.2, -0.15) is 0 Å². The summed E-state index contributed by atoms with van der Waals surface area (Å²) in [5, 5.41) is 13.8. The van der Waals surface area contributed by atoms with Gasteiger partial charge < -0.3 is 10.1 Å². The molecule has 15 heteroatoms. The summed E-state index contributed by atoms with van der Waals surface area (Å²) < 4.78 is 54.4. The van der Waals surface area contributed by atoms with Crippen LogP contribution in [0.25, 0.3) is 17.2 Å². The molecule has 0 saturated heterocycles. The van der Waals surface area contributed by atoms with Gasteiger partial charge in [0.15, 0.2) is 10.7 Å². The first-order valence-electron chi connectivity index (χ1n) is 9.19. The molecule has 33 heavy (non-hydrogen) atoms. The molecule has 176 valence electrons. The highest BCUT2D eigenvalue weighted by molar-refractivity contribution is 7.99. The highest BCUT2D eigenvalue weighted by atomic mass is 32.2. The lowest BCUT2D eigenvalue weighted by atomic mass is 10.2. The normalized spacial score (nSPS) is 12.1. The van der Waals surface area contributed by atoms with E-state index in [4.69, 9.17) is 4.63 Å². The molecule has 0 fully saturated rings. The Morgan fingerprint density at radius 3 is 2.73 bits per heavy atom. The number of benzene rings is 1. The molecule has 0 aliphatic heterocycles. The van der Waals surface area contributed by atoms with E-state index in [2.05, 4.69) is 30.0 Å². The van der Waals surface area contributed by atoms with Gasteiger partial charge in [-0.25, -0.2) is 27.2 Å². The Labute approximate surface area is 187 Å². The quantitative estimate of drug-likeness (QED) is 0.271. The summed E-state index contributed by atoms with van der Waals surface area (Å²) in [4.78, 5) is 35.1. The fourth-order valence-electron chi connectivity index (χ4n) is 2.65. The Bertz CT molecular complexity index is 1210. The van der Waals surface area contributed by atoms with Crippen molar-refractivity contribution in [3.05, 3.63) is 40.1 Å². The number of nitrogens with one attached hydrogen (secondary N) is 1. The predicted octanol–water partition coefficient (Wildman–Crippen LogP) is 2.11. The Morgan fingerprint density at radius 2 is 2.03 bits per heavy atom. The molecule has 0 saturated carbocycles. The number of methoxy groups -OCH3 is 1. The minimum absolute atomic E-state index is 0.0399. The minimum atomic E-state index is -3.11. The van der Waals surface area contributed by atoms with Crippen molar-refractivity contribution in [2.24, 2.45) is 0 Å². The summed E-state index contributed by atoms with van der Waals surface area (Å²) in [6.07, 6.45) is -3.55. The fraction of sp³-hybridized carbons (Fsp3) is 0.333. The van der Waals surface area contributed by atoms with Crippen LogP contribution in [0.5, 0.6) is 0 Å². The van der Waals surface area contributed by atoms with Crippen LogP contribution in [0.15, 0.2) is 37.2 Å². The molecule has 3 rings (SSSR count). The van der Waals surface area contributed by atoms with Gasteiger partial charge in [-0.15, -0.1) is 0 Å². The van der Waals surface area contributed by atoms with Gasteiger partial charge in [0.05, 0.1) is 18.4 Å². The average Bonchev–Trinajstić information content (AvgIpc) is 3.38. The number of ether oxygens (including phenoxy) is 1. The van der Waals surface area contributed by atoms with E-state index in [1.54, 1.807) is 6.92 Å². The summed E-state index contributed by atoms with van der Waals surface area (Å²) in [6, 6.07) is 2.26. The zero-order chi connectivity index (χ0) is 24.1. The Hall–Kier alpha value is -3.62. The standard InChI is InChI=1S/C18H16F3N5O6S/c1-8(22-12(27)6-13(28)30-2)7-33-17-14(23-32-25-17)16-24-31-18(29)26(16)9-3-4-11(19)10(5-9)15(20)21/h3-5,8,15H,6-7H2,1-2H3,(H,22,27)/t8-/m1/s1. The summed E-state index contributed by atoms with van der Waals surface area (Å²) in [5.74, 6) is -3.35. The summed E-state index contributed by atoms with van der Waals surface area (Å²) in [7, 11) is 1.16. The number of alkyl halides is 2. The summed E-state index contributed by atoms with van der Waals surface area (Å²) >= 11 is 1.07. The van der Waals surface area contributed by atoms with Gasteiger partial charge in [0.1, 0.15) is 12.2 Å². The van der Waals surface area contributed by atoms with Crippen LogP contribution in [0, 0.1) is 5.82 Å². The van der Waals surface area contributed by atoms with E-state index in [9.17, 15) is 27.6 Å². The molecule has 1 atom stereocenters. The topological polar surface area (TPSA) is 142 Å². The van der Waals surface area contributed by atoms with Crippen LogP contribution in [0.1, 0.15) is 25.3 Å². The van der Waals surface area contributed by atoms with E-state index < -0.39 is 47.9 Å². The Balaban J connectivity index is 1.81. The van der Waals surface area contributed by atoms with E-state index in [-0.39, 0.29) is 28.0 Å². The van der Waals surface area contributed by atoms with Crippen molar-refractivity contribution < 1.29 is 36.6 Å². The van der Waals surface area contributed by atoms with Crippen LogP contribution in [0.3, 0.4) is 0 Å². The summed E-state index contributed by atoms with van der Waals surface area (Å²) in [5.41, 5.74) is -1.08. The van der Waals surface area contributed by atoms with Gasteiger partial charge in [0.25, 0.3) is 6.43 Å². The third kappa shape index (κ3) is 5.60. The van der Waals surface area contributed by atoms with E-state index in [1.807, 2.05) is 0 Å². The van der Waals surface area contributed by atoms with Crippen LogP contribution >= 0.6 is 11.8 Å². The van der Waals surface area contributed by atoms with Crippen molar-refractivity contribution in [2.75, 3.05) is 12.9 Å². The van der Waals surface area contributed by atoms with Gasteiger partial charge in [-0.3, -0.25) is 14.1 Å². The van der Waals surface area contributed by atoms with Crippen LogP contribution in [-0.4, -0.2) is 50.8 Å². The van der Waals surface area contributed by atoms with E-state index in [1.165, 1.54) is 0 Å². The Morgan fingerprint density at radius 1 is 1.27 bits per heavy atom. The number of hydrogen-bond donors (Lipinski definition) is 1. The highest BCUT2D eigenvalue weighted by Gasteiger charge is 2.25. The fourth-order valence-corrected chi connectivity index (χ4v) is 3.49. The largest absolute Gasteiger partial charge is 0.469 e. The number of esters is 1. The van der Waals surface area contributed by atoms with Crippen LogP contribution in [-0.2, 0) is 14.3 Å². The first-order chi connectivity index (χ1) is 15.7. The molecule has 1 N–H and O–H groups in total. The molecule has 0 bridgehead atoms. The molecule has 2 heterocycles. The number of carbonyl (C=O) groups is 2. The lowest BCUT2D eigenvalue weighted by molar-refractivity contribution is -0.143. The third-order valence-electron chi connectivity index (χ3n) is 4.16. The third-order valence-corrected chi connectivity index (χ3v) is 5.37. The van der Waals surface area contributed by atoms with Crippen LogP contribution in [0.2, 0.25) is 0 Å². The van der Waals surface area contributed by atoms with Gasteiger partial charge in [0, 0.05) is 11.8 Å². The number of amides is 1. The molecular weight excluding hydrogens is 471 g/mol. The van der Waals surface area contributed by atoms with Gasteiger partial charge in [-0.1, -0.05) is 16.9 Å². The second-order valence-corrected chi connectivity index (χ2v) is 7.57. The van der Waals surface area contributed by atoms with Gasteiger partial charge >= 0.3 is 11.7 Å². The number of halogens is 3. The van der Waals surface area contributed by atoms with Crippen molar-refractivity contribution in [1.29, 1.82) is 0 Å². The molecule has 1 aromatic carbocycles. The highest BCUT2D eigenvalue weighted by Crippen LogP contribution is 2.30. The first kappa shape index (κ1) is 24.0. The molecule has 3 aromatic rings. The van der Waals surface area contributed by atoms with Gasteiger partial charge in [0.2, 0.25) is 11.7 Å². The molecular formula is C18H16F3N5O6S. The molecule has 0 aliphatic carbocycles. The van der Waals surface area contributed by atoms with E-state index in [0.29, 0.717) is 0 Å². The zero-order valence-corrected chi connectivity index (χ0v) is 17.9. The monoisotopic (exact) mass is 487 g/mol. The number of carbonyl (C=O) groups excluding carboxylic acids is 2. The van der Waals surface area contributed by atoms with Crippen molar-refractivity contribution in [3.63, 3.8) is 0 Å². The van der Waals surface area contributed by atoms with Crippen molar-refractivity contribution in [3.8, 4) is 17.2 Å². The summed E-state index contributed by atoms with van der Waals surface area (Å²) in [6.45, 7) is 1.67. The first-order valence-corrected chi connectivity index (χ1v) is 10.2. The van der Waals surface area contributed by atoms with Gasteiger partial charge in [-0.05, 0) is 35.4 Å². The van der Waals surface area contributed by atoms with E-state index in [0.717, 1.165) is 41.6 Å². The zero-order valence-electron chi connectivity index (χ0n) is 17.1. The molecule has 0 radical (unpaired) electrons. The second-order valence-electron chi connectivity index (χ2n) is 6.56. The molecule has 0 unspecified atom stereocenters. The number of thioether (sulfide) groups is 1. The predicted molar refractivity (Wildman–Crippen MR) is 105 cm³/mol. The SMILES string of the molecule is COC(=O)CC(=O)N[C@H](C)CSc1nonc1-c1noc(=O)n1-c1ccc(F)c(C(F)F)c1. The molecule has 1 amide bonds. The van der Waals surface area contributed by atoms with Crippen molar-refractivity contribution in [2.45, 2.75) is 30.8 Å². The number of hydrogen-bond acceptors (Lipinski definition) is 10. The number of aromatic nitrogens is 4.